The number of H-pyrrole nitrogens is 1. The Kier molecular flexibility index (Phi) is 4.36. The molecule has 5 atom stereocenters. The molecule has 0 radical (unpaired) electrons. The molecular formula is C22H23ClN4O6. The Morgan fingerprint density at radius 1 is 1.30 bits per heavy atom. The summed E-state index contributed by atoms with van der Waals surface area (Å²) in [6.07, 6.45) is 0.0408. The van der Waals surface area contributed by atoms with Crippen molar-refractivity contribution in [3.8, 4) is 17.0 Å². The number of nitrogens with zero attached hydrogens (tertiary/aromatic N) is 2. The summed E-state index contributed by atoms with van der Waals surface area (Å²) in [4.78, 5) is 26.8. The van der Waals surface area contributed by atoms with Gasteiger partial charge in [0.05, 0.1) is 22.9 Å². The molecule has 5 rings (SSSR count). The molecule has 1 heterocycles. The number of primary amides is 1. The number of aromatic amines is 1. The van der Waals surface area contributed by atoms with Gasteiger partial charge in [-0.2, -0.15) is 5.10 Å². The van der Waals surface area contributed by atoms with Crippen molar-refractivity contribution in [3.05, 3.63) is 45.3 Å². The standard InChI is InChI=1S/C22H23ClN4O6/c1-21(32)7-6-8-16(27(2)3)17(29)13(20(24)31)19(30)22(8,33)18-11(7)15(25-26-18)12-10(28)5-4-9(23)14(12)21/h4-5,7-8,16,28,30,32-33H,6H2,1-3H3,(H2,24,31)(H,25,26)/t7-,8-,16-,21-,22-/m0/s1. The zero-order valence-corrected chi connectivity index (χ0v) is 18.8. The number of phenols is 1. The van der Waals surface area contributed by atoms with Crippen LogP contribution in [-0.2, 0) is 20.8 Å². The fraction of sp³-hybridized carbons (Fsp3) is 0.409. The number of hydrogen-bond acceptors (Lipinski definition) is 8. The number of ketones is 1. The highest BCUT2D eigenvalue weighted by atomic mass is 35.5. The third-order valence-electron chi connectivity index (χ3n) is 7.41. The van der Waals surface area contributed by atoms with Gasteiger partial charge in [-0.3, -0.25) is 19.6 Å². The number of aromatic nitrogens is 2. The van der Waals surface area contributed by atoms with Crippen LogP contribution in [0.2, 0.25) is 5.02 Å². The summed E-state index contributed by atoms with van der Waals surface area (Å²) >= 11 is 6.44. The number of phenolic OH excluding ortho intramolecular Hbond substituents is 1. The first-order valence-corrected chi connectivity index (χ1v) is 10.7. The number of nitrogens with two attached hydrogens (primary N) is 1. The summed E-state index contributed by atoms with van der Waals surface area (Å²) in [7, 11) is 3.22. The maximum Gasteiger partial charge on any atom is 0.255 e. The third kappa shape index (κ3) is 2.46. The molecule has 0 spiro atoms. The molecule has 33 heavy (non-hydrogen) atoms. The number of likely N-dealkylation sites (N-methyl/N-ethyl adjacent to an activating group) is 1. The van der Waals surface area contributed by atoms with E-state index in [1.807, 2.05) is 0 Å². The van der Waals surface area contributed by atoms with Crippen LogP contribution >= 0.6 is 11.6 Å². The van der Waals surface area contributed by atoms with Crippen LogP contribution in [0.1, 0.15) is 36.1 Å². The first-order chi connectivity index (χ1) is 15.3. The maximum atomic E-state index is 13.2. The lowest BCUT2D eigenvalue weighted by Crippen LogP contribution is -2.61. The number of amides is 1. The first kappa shape index (κ1) is 21.9. The number of hydrogen-bond donors (Lipinski definition) is 6. The van der Waals surface area contributed by atoms with Crippen molar-refractivity contribution in [2.75, 3.05) is 14.1 Å². The van der Waals surface area contributed by atoms with Gasteiger partial charge in [0, 0.05) is 28.0 Å². The maximum absolute atomic E-state index is 13.2. The Labute approximate surface area is 193 Å². The second-order valence-electron chi connectivity index (χ2n) is 9.35. The molecule has 0 saturated carbocycles. The van der Waals surface area contributed by atoms with Crippen molar-refractivity contribution < 1.29 is 30.0 Å². The van der Waals surface area contributed by atoms with E-state index in [2.05, 4.69) is 10.2 Å². The molecule has 0 bridgehead atoms. The van der Waals surface area contributed by atoms with Crippen LogP contribution in [0.3, 0.4) is 0 Å². The molecular weight excluding hydrogens is 452 g/mol. The molecule has 2 aromatic rings. The molecule has 1 aromatic heterocycles. The van der Waals surface area contributed by atoms with Crippen molar-refractivity contribution in [1.82, 2.24) is 15.1 Å². The van der Waals surface area contributed by atoms with E-state index >= 15 is 0 Å². The molecule has 0 saturated heterocycles. The van der Waals surface area contributed by atoms with E-state index < -0.39 is 52.1 Å². The lowest BCUT2D eigenvalue weighted by molar-refractivity contribution is -0.141. The van der Waals surface area contributed by atoms with Crippen molar-refractivity contribution in [1.29, 1.82) is 0 Å². The highest BCUT2D eigenvalue weighted by Gasteiger charge is 2.64. The molecule has 7 N–H and O–H groups in total. The minimum Gasteiger partial charge on any atom is -0.508 e. The first-order valence-electron chi connectivity index (χ1n) is 10.3. The summed E-state index contributed by atoms with van der Waals surface area (Å²) in [5.74, 6) is -4.55. The average molecular weight is 475 g/mol. The zero-order chi connectivity index (χ0) is 24.2. The Morgan fingerprint density at radius 2 is 1.97 bits per heavy atom. The molecule has 1 amide bonds. The molecule has 3 aliphatic carbocycles. The highest BCUT2D eigenvalue weighted by Crippen LogP contribution is 2.63. The Hall–Kier alpha value is -2.92. The van der Waals surface area contributed by atoms with Gasteiger partial charge in [0.1, 0.15) is 22.8 Å². The van der Waals surface area contributed by atoms with Crippen LogP contribution in [0.25, 0.3) is 11.3 Å². The average Bonchev–Trinajstić information content (AvgIpc) is 3.15. The van der Waals surface area contributed by atoms with E-state index in [0.29, 0.717) is 5.56 Å². The Bertz CT molecular complexity index is 1280. The highest BCUT2D eigenvalue weighted by molar-refractivity contribution is 6.32. The molecule has 0 unspecified atom stereocenters. The van der Waals surface area contributed by atoms with Gasteiger partial charge >= 0.3 is 0 Å². The third-order valence-corrected chi connectivity index (χ3v) is 7.73. The van der Waals surface area contributed by atoms with Gasteiger partial charge < -0.3 is 26.2 Å². The lowest BCUT2D eigenvalue weighted by Gasteiger charge is -2.52. The van der Waals surface area contributed by atoms with Crippen LogP contribution < -0.4 is 5.73 Å². The van der Waals surface area contributed by atoms with Crippen molar-refractivity contribution in [2.45, 2.75) is 36.5 Å². The van der Waals surface area contributed by atoms with E-state index in [9.17, 15) is 30.0 Å². The van der Waals surface area contributed by atoms with Crippen LogP contribution in [0.5, 0.6) is 5.75 Å². The number of carbonyl (C=O) groups is 2. The summed E-state index contributed by atoms with van der Waals surface area (Å²) in [5.41, 5.74) is 2.06. The molecule has 1 aromatic carbocycles. The fourth-order valence-corrected chi connectivity index (χ4v) is 6.35. The minimum absolute atomic E-state index is 0.0275. The number of benzene rings is 1. The van der Waals surface area contributed by atoms with Crippen LogP contribution in [0.4, 0.5) is 0 Å². The molecule has 174 valence electrons. The smallest absolute Gasteiger partial charge is 0.255 e. The van der Waals surface area contributed by atoms with E-state index in [0.717, 1.165) is 0 Å². The van der Waals surface area contributed by atoms with Crippen molar-refractivity contribution >= 4 is 23.3 Å². The summed E-state index contributed by atoms with van der Waals surface area (Å²) in [6, 6.07) is 1.83. The quantitative estimate of drug-likeness (QED) is 0.346. The van der Waals surface area contributed by atoms with Crippen molar-refractivity contribution in [3.63, 3.8) is 0 Å². The SMILES string of the molecule is CN(C)[C@@H]1C(=O)C(C(N)=O)=C(O)[C@@]2(O)c3[nH]nc4c3[C@H](C[C@@H]12)[C@](C)(O)c1c(Cl)ccc(O)c1-4. The number of aliphatic hydroxyl groups excluding tert-OH is 1. The second-order valence-corrected chi connectivity index (χ2v) is 9.75. The van der Waals surface area contributed by atoms with Gasteiger partial charge in [0.25, 0.3) is 5.91 Å². The minimum atomic E-state index is -2.20. The van der Waals surface area contributed by atoms with Gasteiger partial charge in [-0.05, 0) is 39.6 Å². The number of carbonyl (C=O) groups excluding carboxylic acids is 2. The number of halogens is 1. The number of nitrogens with one attached hydrogen (secondary N) is 1. The van der Waals surface area contributed by atoms with Gasteiger partial charge in [-0.15, -0.1) is 0 Å². The van der Waals surface area contributed by atoms with Crippen LogP contribution in [0.15, 0.2) is 23.5 Å². The molecule has 10 nitrogen and oxygen atoms in total. The second kappa shape index (κ2) is 6.57. The normalized spacial score (nSPS) is 32.5. The molecule has 0 aliphatic heterocycles. The van der Waals surface area contributed by atoms with E-state index in [4.69, 9.17) is 17.3 Å². The van der Waals surface area contributed by atoms with Gasteiger partial charge in [0.2, 0.25) is 0 Å². The van der Waals surface area contributed by atoms with Crippen LogP contribution in [-0.4, -0.2) is 67.4 Å². The van der Waals surface area contributed by atoms with E-state index in [1.165, 1.54) is 12.1 Å². The Morgan fingerprint density at radius 3 is 2.58 bits per heavy atom. The fourth-order valence-electron chi connectivity index (χ4n) is 6.01. The monoisotopic (exact) mass is 474 g/mol. The predicted octanol–water partition coefficient (Wildman–Crippen LogP) is 0.758. The number of Topliss-reactive ketones (excluding diaryl/α,β-unsaturated/α-hetero) is 1. The van der Waals surface area contributed by atoms with E-state index in [1.54, 1.807) is 25.9 Å². The summed E-state index contributed by atoms with van der Waals surface area (Å²) in [5, 5.41) is 52.5. The lowest BCUT2D eigenvalue weighted by atomic mass is 9.56. The number of fused-ring (bicyclic) bond motifs is 4. The Balaban J connectivity index is 1.88. The number of aromatic hydroxyl groups is 1. The number of rotatable bonds is 2. The topological polar surface area (TPSA) is 173 Å². The van der Waals surface area contributed by atoms with E-state index in [-0.39, 0.29) is 39.7 Å². The van der Waals surface area contributed by atoms with Crippen molar-refractivity contribution in [2.24, 2.45) is 11.7 Å². The predicted molar refractivity (Wildman–Crippen MR) is 116 cm³/mol. The molecule has 11 heteroatoms. The van der Waals surface area contributed by atoms with Crippen LogP contribution in [0, 0.1) is 5.92 Å². The molecule has 0 fully saturated rings. The van der Waals surface area contributed by atoms with Gasteiger partial charge in [-0.25, -0.2) is 0 Å². The zero-order valence-electron chi connectivity index (χ0n) is 18.0. The van der Waals surface area contributed by atoms with Gasteiger partial charge in [-0.1, -0.05) is 11.6 Å². The largest absolute Gasteiger partial charge is 0.508 e. The van der Waals surface area contributed by atoms with Gasteiger partial charge in [0.15, 0.2) is 11.4 Å². The molecule has 3 aliphatic rings. The summed E-state index contributed by atoms with van der Waals surface area (Å²) in [6.45, 7) is 1.55. The summed E-state index contributed by atoms with van der Waals surface area (Å²) < 4.78 is 0. The number of aliphatic hydroxyl groups is 3.